The van der Waals surface area contributed by atoms with Crippen LogP contribution in [0.1, 0.15) is 31.7 Å². The lowest BCUT2D eigenvalue weighted by molar-refractivity contribution is -0.151. The van der Waals surface area contributed by atoms with Crippen LogP contribution in [0, 0.1) is 0 Å². The molecule has 0 fully saturated rings. The summed E-state index contributed by atoms with van der Waals surface area (Å²) in [5, 5.41) is 0. The summed E-state index contributed by atoms with van der Waals surface area (Å²) in [6, 6.07) is 9.12. The second kappa shape index (κ2) is 7.48. The Morgan fingerprint density at radius 2 is 1.67 bits per heavy atom. The Hall–Kier alpha value is -1.84. The Morgan fingerprint density at radius 3 is 2.22 bits per heavy atom. The third kappa shape index (κ3) is 4.20. The molecule has 1 unspecified atom stereocenters. The summed E-state index contributed by atoms with van der Waals surface area (Å²) in [5.74, 6) is -1.37. The van der Waals surface area contributed by atoms with Crippen molar-refractivity contribution in [1.82, 2.24) is 0 Å². The van der Waals surface area contributed by atoms with Crippen molar-refractivity contribution < 1.29 is 19.1 Å². The Kier molecular flexibility index (Phi) is 5.91. The minimum absolute atomic E-state index is 0.0106. The van der Waals surface area contributed by atoms with Gasteiger partial charge in [-0.05, 0) is 19.4 Å². The van der Waals surface area contributed by atoms with Crippen LogP contribution in [0.5, 0.6) is 0 Å². The fraction of sp³-hybridized carbons (Fsp3) is 0.429. The number of rotatable bonds is 6. The van der Waals surface area contributed by atoms with E-state index in [-0.39, 0.29) is 12.4 Å². The maximum atomic E-state index is 11.9. The molecule has 1 rings (SSSR count). The molecule has 0 aliphatic heterocycles. The molecule has 0 aromatic heterocycles. The van der Waals surface area contributed by atoms with E-state index in [2.05, 4.69) is 0 Å². The largest absolute Gasteiger partial charge is 0.466 e. The van der Waals surface area contributed by atoms with Crippen molar-refractivity contribution >= 4 is 11.9 Å². The lowest BCUT2D eigenvalue weighted by Gasteiger charge is -2.15. The first-order chi connectivity index (χ1) is 8.69. The molecule has 0 spiro atoms. The van der Waals surface area contributed by atoms with Gasteiger partial charge in [0.25, 0.3) is 0 Å². The maximum Gasteiger partial charge on any atom is 0.313 e. The standard InChI is InChI=1S/C14H18O4/c1-3-17-13(15)10-12(14(16)18-4-2)11-8-6-5-7-9-11/h5-9,12H,3-4,10H2,1-2H3. The van der Waals surface area contributed by atoms with Crippen LogP contribution in [0.4, 0.5) is 0 Å². The molecule has 0 aliphatic rings. The Labute approximate surface area is 107 Å². The third-order valence-electron chi connectivity index (χ3n) is 2.45. The predicted molar refractivity (Wildman–Crippen MR) is 67.1 cm³/mol. The molecule has 1 atom stereocenters. The van der Waals surface area contributed by atoms with Gasteiger partial charge in [-0.1, -0.05) is 30.3 Å². The Morgan fingerprint density at radius 1 is 1.06 bits per heavy atom. The highest BCUT2D eigenvalue weighted by Gasteiger charge is 2.25. The zero-order valence-electron chi connectivity index (χ0n) is 10.7. The SMILES string of the molecule is CCOC(=O)CC(C(=O)OCC)c1ccccc1. The van der Waals surface area contributed by atoms with Crippen molar-refractivity contribution in [3.05, 3.63) is 35.9 Å². The highest BCUT2D eigenvalue weighted by Crippen LogP contribution is 2.21. The van der Waals surface area contributed by atoms with Crippen LogP contribution < -0.4 is 0 Å². The van der Waals surface area contributed by atoms with Gasteiger partial charge in [0.1, 0.15) is 0 Å². The normalized spacial score (nSPS) is 11.7. The molecule has 18 heavy (non-hydrogen) atoms. The van der Waals surface area contributed by atoms with Crippen LogP contribution in [0.15, 0.2) is 30.3 Å². The van der Waals surface area contributed by atoms with E-state index < -0.39 is 11.9 Å². The van der Waals surface area contributed by atoms with Crippen LogP contribution in [-0.4, -0.2) is 25.2 Å². The first-order valence-electron chi connectivity index (χ1n) is 6.06. The summed E-state index contributed by atoms with van der Waals surface area (Å²) in [5.41, 5.74) is 0.768. The molecular weight excluding hydrogens is 232 g/mol. The molecule has 4 nitrogen and oxygen atoms in total. The number of hydrogen-bond donors (Lipinski definition) is 0. The number of carbonyl (C=O) groups excluding carboxylic acids is 2. The van der Waals surface area contributed by atoms with Gasteiger partial charge in [-0.3, -0.25) is 9.59 Å². The topological polar surface area (TPSA) is 52.6 Å². The zero-order valence-corrected chi connectivity index (χ0v) is 10.7. The highest BCUT2D eigenvalue weighted by molar-refractivity contribution is 5.84. The van der Waals surface area contributed by atoms with Gasteiger partial charge in [0.05, 0.1) is 25.6 Å². The van der Waals surface area contributed by atoms with E-state index in [9.17, 15) is 9.59 Å². The van der Waals surface area contributed by atoms with Crippen molar-refractivity contribution in [3.8, 4) is 0 Å². The van der Waals surface area contributed by atoms with E-state index in [1.807, 2.05) is 18.2 Å². The summed E-state index contributed by atoms with van der Waals surface area (Å²) in [7, 11) is 0. The van der Waals surface area contributed by atoms with Crippen molar-refractivity contribution in [1.29, 1.82) is 0 Å². The fourth-order valence-corrected chi connectivity index (χ4v) is 1.65. The molecule has 98 valence electrons. The minimum atomic E-state index is -0.592. The molecular formula is C14H18O4. The number of hydrogen-bond acceptors (Lipinski definition) is 4. The average Bonchev–Trinajstić information content (AvgIpc) is 2.37. The molecule has 0 heterocycles. The van der Waals surface area contributed by atoms with Crippen LogP contribution in [0.25, 0.3) is 0 Å². The second-order valence-corrected chi connectivity index (χ2v) is 3.72. The van der Waals surface area contributed by atoms with Crippen molar-refractivity contribution in [3.63, 3.8) is 0 Å². The highest BCUT2D eigenvalue weighted by atomic mass is 16.5. The number of ether oxygens (including phenoxy) is 2. The Bertz CT molecular complexity index is 386. The minimum Gasteiger partial charge on any atom is -0.466 e. The molecule has 0 amide bonds. The summed E-state index contributed by atoms with van der Waals surface area (Å²) in [4.78, 5) is 23.4. The number of carbonyl (C=O) groups is 2. The summed E-state index contributed by atoms with van der Waals surface area (Å²) in [6.07, 6.45) is 0.0106. The van der Waals surface area contributed by atoms with Gasteiger partial charge in [0.2, 0.25) is 0 Å². The quantitative estimate of drug-likeness (QED) is 0.727. The molecule has 0 N–H and O–H groups in total. The maximum absolute atomic E-state index is 11.9. The molecule has 0 radical (unpaired) electrons. The van der Waals surface area contributed by atoms with Crippen molar-refractivity contribution in [2.24, 2.45) is 0 Å². The molecule has 4 heteroatoms. The lowest BCUT2D eigenvalue weighted by atomic mass is 9.96. The number of benzene rings is 1. The first kappa shape index (κ1) is 14.2. The molecule has 0 bridgehead atoms. The van der Waals surface area contributed by atoms with Gasteiger partial charge in [0.15, 0.2) is 0 Å². The van der Waals surface area contributed by atoms with Crippen LogP contribution in [0.2, 0.25) is 0 Å². The van der Waals surface area contributed by atoms with E-state index >= 15 is 0 Å². The predicted octanol–water partition coefficient (Wildman–Crippen LogP) is 2.29. The van der Waals surface area contributed by atoms with E-state index in [1.54, 1.807) is 26.0 Å². The third-order valence-corrected chi connectivity index (χ3v) is 2.45. The van der Waals surface area contributed by atoms with E-state index in [4.69, 9.17) is 9.47 Å². The monoisotopic (exact) mass is 250 g/mol. The van der Waals surface area contributed by atoms with Gasteiger partial charge in [0, 0.05) is 0 Å². The fourth-order valence-electron chi connectivity index (χ4n) is 1.65. The average molecular weight is 250 g/mol. The van der Waals surface area contributed by atoms with Crippen LogP contribution >= 0.6 is 0 Å². The zero-order chi connectivity index (χ0) is 13.4. The van der Waals surface area contributed by atoms with E-state index in [1.165, 1.54) is 0 Å². The molecule has 0 aliphatic carbocycles. The van der Waals surface area contributed by atoms with Gasteiger partial charge >= 0.3 is 11.9 Å². The molecule has 1 aromatic rings. The van der Waals surface area contributed by atoms with Crippen molar-refractivity contribution in [2.75, 3.05) is 13.2 Å². The summed E-state index contributed by atoms with van der Waals surface area (Å²) < 4.78 is 9.87. The summed E-state index contributed by atoms with van der Waals surface area (Å²) >= 11 is 0. The number of esters is 2. The van der Waals surface area contributed by atoms with Gasteiger partial charge in [-0.15, -0.1) is 0 Å². The van der Waals surface area contributed by atoms with Gasteiger partial charge in [-0.2, -0.15) is 0 Å². The second-order valence-electron chi connectivity index (χ2n) is 3.72. The van der Waals surface area contributed by atoms with E-state index in [0.717, 1.165) is 5.56 Å². The summed E-state index contributed by atoms with van der Waals surface area (Å²) in [6.45, 7) is 4.08. The van der Waals surface area contributed by atoms with E-state index in [0.29, 0.717) is 13.2 Å². The molecule has 0 saturated carbocycles. The smallest absolute Gasteiger partial charge is 0.313 e. The van der Waals surface area contributed by atoms with Crippen LogP contribution in [0.3, 0.4) is 0 Å². The van der Waals surface area contributed by atoms with Gasteiger partial charge in [-0.25, -0.2) is 0 Å². The van der Waals surface area contributed by atoms with Gasteiger partial charge < -0.3 is 9.47 Å². The lowest BCUT2D eigenvalue weighted by Crippen LogP contribution is -2.20. The Balaban J connectivity index is 2.82. The van der Waals surface area contributed by atoms with Crippen LogP contribution in [-0.2, 0) is 19.1 Å². The molecule has 1 aromatic carbocycles. The molecule has 0 saturated heterocycles. The van der Waals surface area contributed by atoms with Crippen molar-refractivity contribution in [2.45, 2.75) is 26.2 Å². The first-order valence-corrected chi connectivity index (χ1v) is 6.06.